The molecule has 1 aliphatic rings. The number of hydrogen-bond acceptors (Lipinski definition) is 2. The number of nitrogens with zero attached hydrogens (tertiary/aromatic N) is 3. The summed E-state index contributed by atoms with van der Waals surface area (Å²) < 4.78 is 14.8. The van der Waals surface area contributed by atoms with E-state index in [4.69, 9.17) is 0 Å². The molecule has 0 unspecified atom stereocenters. The van der Waals surface area contributed by atoms with Gasteiger partial charge in [0.15, 0.2) is 0 Å². The van der Waals surface area contributed by atoms with Crippen molar-refractivity contribution in [3.63, 3.8) is 0 Å². The first-order valence-corrected chi connectivity index (χ1v) is 7.94. The molecule has 4 nitrogen and oxygen atoms in total. The van der Waals surface area contributed by atoms with Gasteiger partial charge in [0.05, 0.1) is 12.0 Å². The van der Waals surface area contributed by atoms with Crippen molar-refractivity contribution in [3.8, 4) is 0 Å². The standard InChI is InChI=1S/C18H20FN3O/c19-16-6-4-15(5-7-16)12-21-13-17(20-14-21)8-9-18(23)22-10-2-1-3-11-22/h4-9,13-14H,1-3,10-12H2. The van der Waals surface area contributed by atoms with Crippen molar-refractivity contribution < 1.29 is 9.18 Å². The third kappa shape index (κ3) is 4.28. The van der Waals surface area contributed by atoms with Crippen LogP contribution in [0.25, 0.3) is 6.08 Å². The molecular weight excluding hydrogens is 293 g/mol. The van der Waals surface area contributed by atoms with Gasteiger partial charge in [0, 0.05) is 31.9 Å². The maximum atomic E-state index is 12.9. The summed E-state index contributed by atoms with van der Waals surface area (Å²) in [6, 6.07) is 6.41. The van der Waals surface area contributed by atoms with Gasteiger partial charge < -0.3 is 9.47 Å². The van der Waals surface area contributed by atoms with Crippen LogP contribution >= 0.6 is 0 Å². The average molecular weight is 313 g/mol. The molecule has 1 aliphatic heterocycles. The molecule has 1 aromatic carbocycles. The van der Waals surface area contributed by atoms with Crippen LogP contribution in [0, 0.1) is 5.82 Å². The fourth-order valence-electron chi connectivity index (χ4n) is 2.73. The second-order valence-electron chi connectivity index (χ2n) is 5.82. The first-order valence-electron chi connectivity index (χ1n) is 7.94. The largest absolute Gasteiger partial charge is 0.339 e. The highest BCUT2D eigenvalue weighted by molar-refractivity contribution is 5.91. The molecule has 0 N–H and O–H groups in total. The summed E-state index contributed by atoms with van der Waals surface area (Å²) in [5.41, 5.74) is 1.75. The van der Waals surface area contributed by atoms with Crippen molar-refractivity contribution in [1.82, 2.24) is 14.5 Å². The fourth-order valence-corrected chi connectivity index (χ4v) is 2.73. The lowest BCUT2D eigenvalue weighted by atomic mass is 10.1. The number of likely N-dealkylation sites (tertiary alicyclic amines) is 1. The molecule has 23 heavy (non-hydrogen) atoms. The third-order valence-corrected chi connectivity index (χ3v) is 4.00. The van der Waals surface area contributed by atoms with E-state index in [1.807, 2.05) is 15.7 Å². The highest BCUT2D eigenvalue weighted by Crippen LogP contribution is 2.10. The van der Waals surface area contributed by atoms with Gasteiger partial charge in [-0.1, -0.05) is 12.1 Å². The highest BCUT2D eigenvalue weighted by atomic mass is 19.1. The Morgan fingerprint density at radius 2 is 1.91 bits per heavy atom. The molecule has 3 rings (SSSR count). The van der Waals surface area contributed by atoms with Gasteiger partial charge in [-0.05, 0) is 43.0 Å². The van der Waals surface area contributed by atoms with E-state index >= 15 is 0 Å². The van der Waals surface area contributed by atoms with Gasteiger partial charge in [0.25, 0.3) is 0 Å². The zero-order valence-electron chi connectivity index (χ0n) is 13.0. The number of imidazole rings is 1. The number of carbonyl (C=O) groups excluding carboxylic acids is 1. The quantitative estimate of drug-likeness (QED) is 0.814. The molecule has 0 aliphatic carbocycles. The Morgan fingerprint density at radius 1 is 1.17 bits per heavy atom. The predicted octanol–water partition coefficient (Wildman–Crippen LogP) is 3.10. The van der Waals surface area contributed by atoms with Crippen LogP contribution in [0.1, 0.15) is 30.5 Å². The molecule has 120 valence electrons. The number of hydrogen-bond donors (Lipinski definition) is 0. The van der Waals surface area contributed by atoms with Crippen LogP contribution in [0.4, 0.5) is 4.39 Å². The Kier molecular flexibility index (Phi) is 4.86. The molecule has 5 heteroatoms. The minimum Gasteiger partial charge on any atom is -0.339 e. The van der Waals surface area contributed by atoms with E-state index in [-0.39, 0.29) is 11.7 Å². The zero-order valence-corrected chi connectivity index (χ0v) is 13.0. The van der Waals surface area contributed by atoms with E-state index < -0.39 is 0 Å². The Morgan fingerprint density at radius 3 is 2.65 bits per heavy atom. The summed E-state index contributed by atoms with van der Waals surface area (Å²) in [5.74, 6) is -0.183. The van der Waals surface area contributed by atoms with Crippen LogP contribution in [-0.4, -0.2) is 33.4 Å². The molecule has 2 aromatic rings. The van der Waals surface area contributed by atoms with Gasteiger partial charge in [0.1, 0.15) is 5.82 Å². The summed E-state index contributed by atoms with van der Waals surface area (Å²) in [6.07, 6.45) is 10.3. The van der Waals surface area contributed by atoms with Crippen molar-refractivity contribution in [1.29, 1.82) is 0 Å². The van der Waals surface area contributed by atoms with Gasteiger partial charge in [-0.2, -0.15) is 0 Å². The summed E-state index contributed by atoms with van der Waals surface area (Å²) in [7, 11) is 0. The van der Waals surface area contributed by atoms with Gasteiger partial charge in [-0.3, -0.25) is 4.79 Å². The van der Waals surface area contributed by atoms with Crippen LogP contribution in [0.5, 0.6) is 0 Å². The first kappa shape index (κ1) is 15.5. The van der Waals surface area contributed by atoms with Crippen molar-refractivity contribution in [3.05, 3.63) is 59.9 Å². The van der Waals surface area contributed by atoms with E-state index in [0.29, 0.717) is 6.54 Å². The second-order valence-corrected chi connectivity index (χ2v) is 5.82. The lowest BCUT2D eigenvalue weighted by Crippen LogP contribution is -2.34. The molecule has 1 aromatic heterocycles. The number of carbonyl (C=O) groups is 1. The zero-order chi connectivity index (χ0) is 16.1. The summed E-state index contributed by atoms with van der Waals surface area (Å²) in [6.45, 7) is 2.32. The molecule has 0 radical (unpaired) electrons. The maximum Gasteiger partial charge on any atom is 0.246 e. The van der Waals surface area contributed by atoms with Crippen molar-refractivity contribution in [2.75, 3.05) is 13.1 Å². The highest BCUT2D eigenvalue weighted by Gasteiger charge is 2.13. The van der Waals surface area contributed by atoms with Crippen molar-refractivity contribution in [2.24, 2.45) is 0 Å². The van der Waals surface area contributed by atoms with Gasteiger partial charge in [0.2, 0.25) is 5.91 Å². The minimum atomic E-state index is -0.237. The van der Waals surface area contributed by atoms with E-state index in [0.717, 1.165) is 37.2 Å². The minimum absolute atomic E-state index is 0.0535. The number of amides is 1. The number of piperidine rings is 1. The molecule has 1 saturated heterocycles. The van der Waals surface area contributed by atoms with Gasteiger partial charge in [-0.15, -0.1) is 0 Å². The number of halogens is 1. The average Bonchev–Trinajstić information content (AvgIpc) is 3.03. The third-order valence-electron chi connectivity index (χ3n) is 4.00. The normalized spacial score (nSPS) is 15.3. The number of benzene rings is 1. The van der Waals surface area contributed by atoms with Crippen molar-refractivity contribution in [2.45, 2.75) is 25.8 Å². The molecule has 0 spiro atoms. The first-order chi connectivity index (χ1) is 11.2. The summed E-state index contributed by atoms with van der Waals surface area (Å²) in [4.78, 5) is 18.2. The lowest BCUT2D eigenvalue weighted by molar-refractivity contribution is -0.126. The Hall–Kier alpha value is -2.43. The topological polar surface area (TPSA) is 38.1 Å². The molecule has 2 heterocycles. The van der Waals surface area contributed by atoms with Crippen LogP contribution < -0.4 is 0 Å². The Bertz CT molecular complexity index is 685. The molecular formula is C18H20FN3O. The van der Waals surface area contributed by atoms with Crippen LogP contribution in [-0.2, 0) is 11.3 Å². The summed E-state index contributed by atoms with van der Waals surface area (Å²) in [5, 5.41) is 0. The molecule has 1 fully saturated rings. The fraction of sp³-hybridized carbons (Fsp3) is 0.333. The Labute approximate surface area is 135 Å². The molecule has 0 bridgehead atoms. The number of aromatic nitrogens is 2. The maximum absolute atomic E-state index is 12.9. The van der Waals surface area contributed by atoms with Crippen molar-refractivity contribution >= 4 is 12.0 Å². The van der Waals surface area contributed by atoms with Crippen LogP contribution in [0.3, 0.4) is 0 Å². The number of rotatable bonds is 4. The van der Waals surface area contributed by atoms with E-state index in [2.05, 4.69) is 4.98 Å². The van der Waals surface area contributed by atoms with Gasteiger partial charge in [-0.25, -0.2) is 9.37 Å². The van der Waals surface area contributed by atoms with E-state index in [1.165, 1.54) is 18.6 Å². The van der Waals surface area contributed by atoms with Gasteiger partial charge >= 0.3 is 0 Å². The Balaban J connectivity index is 1.59. The molecule has 0 saturated carbocycles. The van der Waals surface area contributed by atoms with Crippen LogP contribution in [0.2, 0.25) is 0 Å². The predicted molar refractivity (Wildman–Crippen MR) is 87.2 cm³/mol. The SMILES string of the molecule is O=C(C=Cc1cn(Cc2ccc(F)cc2)cn1)N1CCCCC1. The molecule has 1 amide bonds. The summed E-state index contributed by atoms with van der Waals surface area (Å²) >= 11 is 0. The lowest BCUT2D eigenvalue weighted by Gasteiger charge is -2.25. The van der Waals surface area contributed by atoms with Crippen LogP contribution in [0.15, 0.2) is 42.9 Å². The molecule has 0 atom stereocenters. The van der Waals surface area contributed by atoms with E-state index in [1.54, 1.807) is 30.6 Å². The van der Waals surface area contributed by atoms with E-state index in [9.17, 15) is 9.18 Å². The second kappa shape index (κ2) is 7.22. The smallest absolute Gasteiger partial charge is 0.246 e. The monoisotopic (exact) mass is 313 g/mol.